The van der Waals surface area contributed by atoms with E-state index in [9.17, 15) is 15.0 Å². The number of para-hydroxylation sites is 1. The van der Waals surface area contributed by atoms with E-state index in [1.54, 1.807) is 0 Å². The predicted molar refractivity (Wildman–Crippen MR) is 113 cm³/mol. The van der Waals surface area contributed by atoms with E-state index in [0.29, 0.717) is 17.2 Å². The van der Waals surface area contributed by atoms with Crippen molar-refractivity contribution in [3.05, 3.63) is 89.0 Å². The summed E-state index contributed by atoms with van der Waals surface area (Å²) in [5.74, 6) is -0.444. The van der Waals surface area contributed by atoms with Gasteiger partial charge < -0.3 is 24.4 Å². The summed E-state index contributed by atoms with van der Waals surface area (Å²) in [5.41, 5.74) is 3.63. The highest BCUT2D eigenvalue weighted by Gasteiger charge is 2.47. The second-order valence-electron chi connectivity index (χ2n) is 7.67. The zero-order valence-corrected chi connectivity index (χ0v) is 16.7. The van der Waals surface area contributed by atoms with Gasteiger partial charge in [0.05, 0.1) is 12.5 Å². The van der Waals surface area contributed by atoms with E-state index in [2.05, 4.69) is 0 Å². The molecule has 3 aromatic rings. The summed E-state index contributed by atoms with van der Waals surface area (Å²) in [6, 6.07) is 21.0. The molecule has 6 heteroatoms. The van der Waals surface area contributed by atoms with Gasteiger partial charge in [0.15, 0.2) is 11.5 Å². The van der Waals surface area contributed by atoms with Gasteiger partial charge in [-0.2, -0.15) is 0 Å². The second-order valence-corrected chi connectivity index (χ2v) is 7.67. The number of fused-ring (bicyclic) bond motifs is 2. The summed E-state index contributed by atoms with van der Waals surface area (Å²) in [4.78, 5) is 12.7. The molecule has 6 nitrogen and oxygen atoms in total. The van der Waals surface area contributed by atoms with Crippen LogP contribution in [0.15, 0.2) is 66.7 Å². The quantitative estimate of drug-likeness (QED) is 0.634. The summed E-state index contributed by atoms with van der Waals surface area (Å²) >= 11 is 0. The number of benzene rings is 3. The van der Waals surface area contributed by atoms with Crippen molar-refractivity contribution in [2.24, 2.45) is 5.92 Å². The van der Waals surface area contributed by atoms with Crippen LogP contribution in [0.4, 0.5) is 0 Å². The van der Waals surface area contributed by atoms with Gasteiger partial charge in [-0.25, -0.2) is 0 Å². The number of carbonyl (C=O) groups is 1. The largest absolute Gasteiger partial charge is 0.491 e. The van der Waals surface area contributed by atoms with Crippen molar-refractivity contribution in [1.29, 1.82) is 0 Å². The lowest BCUT2D eigenvalue weighted by molar-refractivity contribution is -0.142. The lowest BCUT2D eigenvalue weighted by Crippen LogP contribution is -2.24. The standard InChI is InChI=1S/C25H22O6/c26-11-12-29-19-8-4-3-7-18(19)23-17-6-2-1-5-16(17)22(24(23)25(27)28)15-9-10-20-21(13-15)31-14-30-20/h1-10,13,22-24,26H,11-12,14H2,(H,27,28)/t22-,23-,24?/m0/s1. The van der Waals surface area contributed by atoms with Gasteiger partial charge in [-0.3, -0.25) is 4.79 Å². The molecule has 0 amide bonds. The SMILES string of the molecule is O=C(O)C1[C@H](c2ccccc2OCCO)c2ccccc2[C@@H]1c1ccc2c(c1)OCO2. The molecule has 1 aliphatic carbocycles. The molecule has 0 saturated carbocycles. The van der Waals surface area contributed by atoms with E-state index in [1.165, 1.54) is 0 Å². The van der Waals surface area contributed by atoms with Crippen LogP contribution in [0, 0.1) is 5.92 Å². The van der Waals surface area contributed by atoms with Gasteiger partial charge in [0, 0.05) is 17.4 Å². The van der Waals surface area contributed by atoms with Crippen molar-refractivity contribution in [2.45, 2.75) is 11.8 Å². The molecule has 31 heavy (non-hydrogen) atoms. The third kappa shape index (κ3) is 3.29. The molecule has 1 aliphatic heterocycles. The van der Waals surface area contributed by atoms with Crippen molar-refractivity contribution < 1.29 is 29.2 Å². The molecule has 158 valence electrons. The molecule has 0 radical (unpaired) electrons. The minimum atomic E-state index is -0.874. The van der Waals surface area contributed by atoms with Crippen LogP contribution in [0.3, 0.4) is 0 Å². The van der Waals surface area contributed by atoms with Crippen molar-refractivity contribution in [3.63, 3.8) is 0 Å². The first-order chi connectivity index (χ1) is 15.2. The Morgan fingerprint density at radius 2 is 1.58 bits per heavy atom. The van der Waals surface area contributed by atoms with Gasteiger partial charge in [-0.15, -0.1) is 0 Å². The fraction of sp³-hybridized carbons (Fsp3) is 0.240. The van der Waals surface area contributed by atoms with Gasteiger partial charge in [-0.05, 0) is 34.9 Å². The van der Waals surface area contributed by atoms with Crippen LogP contribution < -0.4 is 14.2 Å². The normalized spacial score (nSPS) is 21.0. The zero-order chi connectivity index (χ0) is 21.4. The zero-order valence-electron chi connectivity index (χ0n) is 16.7. The number of carboxylic acid groups (broad SMARTS) is 1. The van der Waals surface area contributed by atoms with Crippen LogP contribution in [-0.2, 0) is 4.79 Å². The average molecular weight is 418 g/mol. The summed E-state index contributed by atoms with van der Waals surface area (Å²) < 4.78 is 16.7. The molecule has 2 N–H and O–H groups in total. The molecule has 5 rings (SSSR count). The number of ether oxygens (including phenoxy) is 3. The maximum absolute atomic E-state index is 12.7. The van der Waals surface area contributed by atoms with Crippen molar-refractivity contribution in [1.82, 2.24) is 0 Å². The van der Waals surface area contributed by atoms with Crippen LogP contribution >= 0.6 is 0 Å². The first kappa shape index (κ1) is 19.5. The Kier molecular flexibility index (Phi) is 5.00. The lowest BCUT2D eigenvalue weighted by Gasteiger charge is -2.24. The third-order valence-electron chi connectivity index (χ3n) is 6.03. The fourth-order valence-electron chi connectivity index (χ4n) is 4.82. The maximum Gasteiger partial charge on any atom is 0.308 e. The predicted octanol–water partition coefficient (Wildman–Crippen LogP) is 3.76. The maximum atomic E-state index is 12.7. The number of carboxylic acids is 1. The van der Waals surface area contributed by atoms with Crippen LogP contribution in [0.5, 0.6) is 17.2 Å². The molecule has 0 fully saturated rings. The molecule has 0 saturated heterocycles. The molecular formula is C25H22O6. The van der Waals surface area contributed by atoms with Gasteiger partial charge >= 0.3 is 5.97 Å². The Hall–Kier alpha value is -3.51. The van der Waals surface area contributed by atoms with Gasteiger partial charge in [0.1, 0.15) is 12.4 Å². The Bertz CT molecular complexity index is 1120. The summed E-state index contributed by atoms with van der Waals surface area (Å²) in [6.45, 7) is 0.201. The lowest BCUT2D eigenvalue weighted by atomic mass is 9.79. The van der Waals surface area contributed by atoms with E-state index in [0.717, 1.165) is 22.3 Å². The number of hydrogen-bond donors (Lipinski definition) is 2. The molecule has 0 bridgehead atoms. The van der Waals surface area contributed by atoms with Gasteiger partial charge in [-0.1, -0.05) is 48.5 Å². The van der Waals surface area contributed by atoms with E-state index in [-0.39, 0.29) is 31.8 Å². The van der Waals surface area contributed by atoms with Gasteiger partial charge in [0.25, 0.3) is 0 Å². The van der Waals surface area contributed by atoms with Crippen LogP contribution in [0.25, 0.3) is 0 Å². The molecule has 1 heterocycles. The van der Waals surface area contributed by atoms with E-state index < -0.39 is 11.9 Å². The second kappa shape index (κ2) is 7.96. The molecule has 3 atom stereocenters. The number of aliphatic hydroxyl groups is 1. The first-order valence-corrected chi connectivity index (χ1v) is 10.2. The van der Waals surface area contributed by atoms with Crippen molar-refractivity contribution >= 4 is 5.97 Å². The number of aliphatic hydroxyl groups excluding tert-OH is 1. The van der Waals surface area contributed by atoms with Gasteiger partial charge in [0.2, 0.25) is 6.79 Å². The first-order valence-electron chi connectivity index (χ1n) is 10.2. The van der Waals surface area contributed by atoms with E-state index in [1.807, 2.05) is 66.7 Å². The third-order valence-corrected chi connectivity index (χ3v) is 6.03. The summed E-state index contributed by atoms with van der Waals surface area (Å²) in [7, 11) is 0. The molecule has 1 unspecified atom stereocenters. The van der Waals surface area contributed by atoms with Crippen molar-refractivity contribution in [2.75, 3.05) is 20.0 Å². The Balaban J connectivity index is 1.66. The minimum Gasteiger partial charge on any atom is -0.491 e. The van der Waals surface area contributed by atoms with Crippen molar-refractivity contribution in [3.8, 4) is 17.2 Å². The highest BCUT2D eigenvalue weighted by molar-refractivity contribution is 5.78. The number of aliphatic carboxylic acids is 1. The number of hydrogen-bond acceptors (Lipinski definition) is 5. The molecular weight excluding hydrogens is 396 g/mol. The summed E-state index contributed by atoms with van der Waals surface area (Å²) in [5, 5.41) is 19.6. The Morgan fingerprint density at radius 1 is 0.903 bits per heavy atom. The molecule has 0 spiro atoms. The minimum absolute atomic E-state index is 0.113. The average Bonchev–Trinajstić information content (AvgIpc) is 3.39. The molecule has 2 aliphatic rings. The Labute approximate surface area is 179 Å². The van der Waals surface area contributed by atoms with E-state index in [4.69, 9.17) is 14.2 Å². The topological polar surface area (TPSA) is 85.2 Å². The van der Waals surface area contributed by atoms with Crippen LogP contribution in [0.1, 0.15) is 34.1 Å². The Morgan fingerprint density at radius 3 is 2.32 bits per heavy atom. The molecule has 3 aromatic carbocycles. The highest BCUT2D eigenvalue weighted by atomic mass is 16.7. The number of rotatable bonds is 6. The molecule has 0 aromatic heterocycles. The fourth-order valence-corrected chi connectivity index (χ4v) is 4.82. The smallest absolute Gasteiger partial charge is 0.308 e. The van der Waals surface area contributed by atoms with E-state index >= 15 is 0 Å². The highest BCUT2D eigenvalue weighted by Crippen LogP contribution is 2.54. The summed E-state index contributed by atoms with van der Waals surface area (Å²) in [6.07, 6.45) is 0. The van der Waals surface area contributed by atoms with Crippen LogP contribution in [0.2, 0.25) is 0 Å². The monoisotopic (exact) mass is 418 g/mol. The van der Waals surface area contributed by atoms with Crippen LogP contribution in [-0.4, -0.2) is 36.2 Å².